The maximum atomic E-state index is 13.4. The van der Waals surface area contributed by atoms with E-state index < -0.39 is 0 Å². The van der Waals surface area contributed by atoms with Gasteiger partial charge in [0.1, 0.15) is 11.6 Å². The number of benzene rings is 2. The lowest BCUT2D eigenvalue weighted by Crippen LogP contribution is -2.19. The number of methoxy groups -OCH3 is 1. The van der Waals surface area contributed by atoms with Crippen LogP contribution in [0.5, 0.6) is 5.75 Å². The van der Waals surface area contributed by atoms with Crippen LogP contribution in [-0.2, 0) is 13.1 Å². The first-order valence-electron chi connectivity index (χ1n) is 6.91. The van der Waals surface area contributed by atoms with E-state index in [-0.39, 0.29) is 5.82 Å². The lowest BCUT2D eigenvalue weighted by Gasteiger charge is -2.23. The first kappa shape index (κ1) is 15.3. The van der Waals surface area contributed by atoms with Crippen LogP contribution < -0.4 is 15.0 Å². The second-order valence-corrected chi connectivity index (χ2v) is 5.01. The number of anilines is 1. The Hall–Kier alpha value is -2.07. The van der Waals surface area contributed by atoms with Crippen LogP contribution in [0, 0.1) is 5.82 Å². The van der Waals surface area contributed by atoms with Crippen LogP contribution in [0.25, 0.3) is 0 Å². The molecule has 0 saturated carbocycles. The van der Waals surface area contributed by atoms with Gasteiger partial charge in [-0.2, -0.15) is 0 Å². The van der Waals surface area contributed by atoms with Gasteiger partial charge in [0.2, 0.25) is 0 Å². The molecule has 0 spiro atoms. The predicted octanol–water partition coefficient (Wildman–Crippen LogP) is 3.19. The summed E-state index contributed by atoms with van der Waals surface area (Å²) in [5, 5.41) is 3.08. The van der Waals surface area contributed by atoms with Crippen molar-refractivity contribution in [3.05, 3.63) is 59.4 Å². The number of hydrogen-bond acceptors (Lipinski definition) is 3. The van der Waals surface area contributed by atoms with Gasteiger partial charge in [0.25, 0.3) is 0 Å². The summed E-state index contributed by atoms with van der Waals surface area (Å²) in [4.78, 5) is 2.12. The average molecular weight is 288 g/mol. The van der Waals surface area contributed by atoms with Gasteiger partial charge in [-0.25, -0.2) is 4.39 Å². The summed E-state index contributed by atoms with van der Waals surface area (Å²) < 4.78 is 18.5. The van der Waals surface area contributed by atoms with Crippen molar-refractivity contribution >= 4 is 5.69 Å². The van der Waals surface area contributed by atoms with E-state index in [1.165, 1.54) is 11.6 Å². The van der Waals surface area contributed by atoms with Crippen LogP contribution in [-0.4, -0.2) is 21.2 Å². The van der Waals surface area contributed by atoms with Gasteiger partial charge in [-0.15, -0.1) is 0 Å². The number of ether oxygens (including phenoxy) is 1. The maximum Gasteiger partial charge on any atom is 0.123 e. The zero-order chi connectivity index (χ0) is 15.2. The Bertz CT molecular complexity index is 584. The quantitative estimate of drug-likeness (QED) is 0.883. The van der Waals surface area contributed by atoms with Crippen LogP contribution in [0.15, 0.2) is 42.5 Å². The number of nitrogens with zero attached hydrogens (tertiary/aromatic N) is 1. The van der Waals surface area contributed by atoms with Gasteiger partial charge in [0.05, 0.1) is 7.11 Å². The standard InChI is InChI=1S/C17H21FN2O/c1-19-11-14-10-15(18)6-9-17(14)20(2)12-13-4-7-16(21-3)8-5-13/h4-10,19H,11-12H2,1-3H3. The molecule has 112 valence electrons. The Labute approximate surface area is 125 Å². The van der Waals surface area contributed by atoms with Crippen LogP contribution in [0.4, 0.5) is 10.1 Å². The predicted molar refractivity (Wildman–Crippen MR) is 84.3 cm³/mol. The summed E-state index contributed by atoms with van der Waals surface area (Å²) in [6.07, 6.45) is 0. The molecule has 0 unspecified atom stereocenters. The van der Waals surface area contributed by atoms with E-state index in [1.54, 1.807) is 13.2 Å². The topological polar surface area (TPSA) is 24.5 Å². The van der Waals surface area contributed by atoms with E-state index in [1.807, 2.05) is 44.4 Å². The Morgan fingerprint density at radius 3 is 2.48 bits per heavy atom. The molecule has 0 radical (unpaired) electrons. The molecule has 0 aliphatic rings. The molecule has 3 nitrogen and oxygen atoms in total. The highest BCUT2D eigenvalue weighted by Gasteiger charge is 2.09. The Kier molecular flexibility index (Phi) is 5.17. The molecule has 21 heavy (non-hydrogen) atoms. The molecule has 4 heteroatoms. The lowest BCUT2D eigenvalue weighted by molar-refractivity contribution is 0.414. The van der Waals surface area contributed by atoms with Gasteiger partial charge in [-0.05, 0) is 48.5 Å². The first-order chi connectivity index (χ1) is 10.1. The fourth-order valence-electron chi connectivity index (χ4n) is 2.35. The summed E-state index contributed by atoms with van der Waals surface area (Å²) in [5.41, 5.74) is 3.16. The molecule has 0 amide bonds. The van der Waals surface area contributed by atoms with Crippen molar-refractivity contribution in [2.24, 2.45) is 0 Å². The van der Waals surface area contributed by atoms with Gasteiger partial charge in [0, 0.05) is 25.8 Å². The number of hydrogen-bond donors (Lipinski definition) is 1. The molecule has 2 rings (SSSR count). The van der Waals surface area contributed by atoms with E-state index in [2.05, 4.69) is 10.2 Å². The molecule has 2 aromatic carbocycles. The molecule has 0 aliphatic heterocycles. The molecule has 0 fully saturated rings. The fraction of sp³-hybridized carbons (Fsp3) is 0.294. The molecular formula is C17H21FN2O. The van der Waals surface area contributed by atoms with Crippen molar-refractivity contribution in [3.8, 4) is 5.75 Å². The minimum Gasteiger partial charge on any atom is -0.497 e. The second kappa shape index (κ2) is 7.09. The van der Waals surface area contributed by atoms with Crippen molar-refractivity contribution in [2.45, 2.75) is 13.1 Å². The zero-order valence-electron chi connectivity index (χ0n) is 12.7. The van der Waals surface area contributed by atoms with Crippen LogP contribution >= 0.6 is 0 Å². The highest BCUT2D eigenvalue weighted by molar-refractivity contribution is 5.53. The van der Waals surface area contributed by atoms with Crippen molar-refractivity contribution in [2.75, 3.05) is 26.1 Å². The van der Waals surface area contributed by atoms with E-state index in [4.69, 9.17) is 4.74 Å². The molecule has 2 aromatic rings. The van der Waals surface area contributed by atoms with Gasteiger partial charge < -0.3 is 15.0 Å². The highest BCUT2D eigenvalue weighted by Crippen LogP contribution is 2.23. The SMILES string of the molecule is CNCc1cc(F)ccc1N(C)Cc1ccc(OC)cc1. The van der Waals surface area contributed by atoms with Crippen LogP contribution in [0.3, 0.4) is 0 Å². The molecule has 0 bridgehead atoms. The molecular weight excluding hydrogens is 267 g/mol. The summed E-state index contributed by atoms with van der Waals surface area (Å²) in [7, 11) is 5.53. The van der Waals surface area contributed by atoms with E-state index in [9.17, 15) is 4.39 Å². The zero-order valence-corrected chi connectivity index (χ0v) is 12.7. The average Bonchev–Trinajstić information content (AvgIpc) is 2.48. The molecule has 0 heterocycles. The Morgan fingerprint density at radius 1 is 1.14 bits per heavy atom. The molecule has 0 aromatic heterocycles. The van der Waals surface area contributed by atoms with E-state index >= 15 is 0 Å². The number of nitrogens with one attached hydrogen (secondary N) is 1. The number of halogens is 1. The third-order valence-electron chi connectivity index (χ3n) is 3.40. The second-order valence-electron chi connectivity index (χ2n) is 5.01. The lowest BCUT2D eigenvalue weighted by atomic mass is 10.1. The summed E-state index contributed by atoms with van der Waals surface area (Å²) in [6.45, 7) is 1.40. The molecule has 0 saturated heterocycles. The summed E-state index contributed by atoms with van der Waals surface area (Å²) in [5.74, 6) is 0.640. The van der Waals surface area contributed by atoms with Crippen molar-refractivity contribution in [3.63, 3.8) is 0 Å². The summed E-state index contributed by atoms with van der Waals surface area (Å²) in [6, 6.07) is 12.9. The third-order valence-corrected chi connectivity index (χ3v) is 3.40. The normalized spacial score (nSPS) is 10.5. The van der Waals surface area contributed by atoms with Gasteiger partial charge in [0.15, 0.2) is 0 Å². The summed E-state index contributed by atoms with van der Waals surface area (Å²) >= 11 is 0. The van der Waals surface area contributed by atoms with Crippen LogP contribution in [0.2, 0.25) is 0 Å². The maximum absolute atomic E-state index is 13.4. The smallest absolute Gasteiger partial charge is 0.123 e. The Balaban J connectivity index is 2.16. The molecule has 1 N–H and O–H groups in total. The van der Waals surface area contributed by atoms with Crippen molar-refractivity contribution in [1.29, 1.82) is 0 Å². The third kappa shape index (κ3) is 3.95. The largest absolute Gasteiger partial charge is 0.497 e. The molecule has 0 atom stereocenters. The van der Waals surface area contributed by atoms with E-state index in [0.717, 1.165) is 23.5 Å². The van der Waals surface area contributed by atoms with Gasteiger partial charge >= 0.3 is 0 Å². The van der Waals surface area contributed by atoms with Crippen LogP contribution in [0.1, 0.15) is 11.1 Å². The van der Waals surface area contributed by atoms with Crippen molar-refractivity contribution < 1.29 is 9.13 Å². The van der Waals surface area contributed by atoms with Gasteiger partial charge in [-0.1, -0.05) is 12.1 Å². The minimum atomic E-state index is -0.207. The number of rotatable bonds is 6. The fourth-order valence-corrected chi connectivity index (χ4v) is 2.35. The van der Waals surface area contributed by atoms with Gasteiger partial charge in [-0.3, -0.25) is 0 Å². The first-order valence-corrected chi connectivity index (χ1v) is 6.91. The highest BCUT2D eigenvalue weighted by atomic mass is 19.1. The molecule has 0 aliphatic carbocycles. The van der Waals surface area contributed by atoms with Crippen molar-refractivity contribution in [1.82, 2.24) is 5.32 Å². The monoisotopic (exact) mass is 288 g/mol. The minimum absolute atomic E-state index is 0.207. The van der Waals surface area contributed by atoms with E-state index in [0.29, 0.717) is 6.54 Å². The Morgan fingerprint density at radius 2 is 1.86 bits per heavy atom.